The molecule has 162 valence electrons. The number of hydrogen-bond donors (Lipinski definition) is 1. The molecule has 0 spiro atoms. The molecule has 0 amide bonds. The van der Waals surface area contributed by atoms with E-state index >= 15 is 0 Å². The quantitative estimate of drug-likeness (QED) is 0.508. The Balaban J connectivity index is 1.62. The lowest BCUT2D eigenvalue weighted by Gasteiger charge is -2.31. The van der Waals surface area contributed by atoms with Crippen LogP contribution in [0.2, 0.25) is 0 Å². The molecule has 32 heavy (non-hydrogen) atoms. The van der Waals surface area contributed by atoms with Crippen LogP contribution in [0.3, 0.4) is 0 Å². The van der Waals surface area contributed by atoms with Crippen molar-refractivity contribution in [2.24, 2.45) is 5.73 Å². The van der Waals surface area contributed by atoms with Gasteiger partial charge in [-0.15, -0.1) is 5.92 Å². The van der Waals surface area contributed by atoms with Gasteiger partial charge in [0, 0.05) is 19.1 Å². The van der Waals surface area contributed by atoms with Crippen molar-refractivity contribution in [2.45, 2.75) is 38.9 Å². The first-order valence-electron chi connectivity index (χ1n) is 11.0. The van der Waals surface area contributed by atoms with Gasteiger partial charge in [0.1, 0.15) is 11.0 Å². The average molecular weight is 427 g/mol. The molecule has 3 heterocycles. The van der Waals surface area contributed by atoms with Crippen molar-refractivity contribution in [3.8, 4) is 11.8 Å². The molecule has 5 rings (SSSR count). The van der Waals surface area contributed by atoms with Gasteiger partial charge in [-0.3, -0.25) is 9.36 Å². The van der Waals surface area contributed by atoms with Crippen LogP contribution in [0, 0.1) is 11.8 Å². The molecule has 0 bridgehead atoms. The van der Waals surface area contributed by atoms with E-state index < -0.39 is 0 Å². The highest BCUT2D eigenvalue weighted by atomic mass is 16.1. The molecule has 0 saturated carbocycles. The SMILES string of the molecule is CC#CCn1c(N2CCCC(N)C2)nc2cnn(Cc3cccc4ccccc34)c(=O)c21. The van der Waals surface area contributed by atoms with Crippen LogP contribution in [0.4, 0.5) is 5.95 Å². The zero-order chi connectivity index (χ0) is 22.1. The number of piperidine rings is 1. The van der Waals surface area contributed by atoms with Crippen molar-refractivity contribution >= 4 is 27.8 Å². The second kappa shape index (κ2) is 8.48. The van der Waals surface area contributed by atoms with E-state index in [0.29, 0.717) is 24.1 Å². The zero-order valence-electron chi connectivity index (χ0n) is 18.2. The Morgan fingerprint density at radius 2 is 2.03 bits per heavy atom. The Bertz CT molecular complexity index is 1400. The minimum atomic E-state index is -0.159. The molecule has 2 aromatic heterocycles. The first kappa shape index (κ1) is 20.3. The van der Waals surface area contributed by atoms with Gasteiger partial charge in [0.15, 0.2) is 0 Å². The van der Waals surface area contributed by atoms with Crippen molar-refractivity contribution < 1.29 is 0 Å². The van der Waals surface area contributed by atoms with Gasteiger partial charge in [-0.1, -0.05) is 48.4 Å². The molecule has 1 saturated heterocycles. The van der Waals surface area contributed by atoms with E-state index in [2.05, 4.69) is 40.0 Å². The summed E-state index contributed by atoms with van der Waals surface area (Å²) in [7, 11) is 0. The highest BCUT2D eigenvalue weighted by molar-refractivity contribution is 5.85. The predicted molar refractivity (Wildman–Crippen MR) is 128 cm³/mol. The molecule has 1 atom stereocenters. The van der Waals surface area contributed by atoms with Gasteiger partial charge < -0.3 is 10.6 Å². The Labute approximate surface area is 186 Å². The van der Waals surface area contributed by atoms with Gasteiger partial charge in [-0.05, 0) is 36.1 Å². The van der Waals surface area contributed by atoms with Gasteiger partial charge in [0.05, 0.1) is 19.3 Å². The Morgan fingerprint density at radius 3 is 2.88 bits per heavy atom. The summed E-state index contributed by atoms with van der Waals surface area (Å²) in [6, 6.07) is 14.4. The lowest BCUT2D eigenvalue weighted by molar-refractivity contribution is 0.496. The normalized spacial score (nSPS) is 16.3. The van der Waals surface area contributed by atoms with Gasteiger partial charge in [-0.2, -0.15) is 5.10 Å². The highest BCUT2D eigenvalue weighted by Crippen LogP contribution is 2.23. The van der Waals surface area contributed by atoms with Gasteiger partial charge in [0.2, 0.25) is 5.95 Å². The van der Waals surface area contributed by atoms with Crippen LogP contribution in [0.5, 0.6) is 0 Å². The third kappa shape index (κ3) is 3.63. The number of rotatable bonds is 4. The van der Waals surface area contributed by atoms with E-state index in [0.717, 1.165) is 48.2 Å². The lowest BCUT2D eigenvalue weighted by atomic mass is 10.0. The smallest absolute Gasteiger partial charge is 0.293 e. The Hall–Kier alpha value is -3.63. The molecular formula is C25H26N6O. The first-order valence-corrected chi connectivity index (χ1v) is 11.0. The molecule has 7 nitrogen and oxygen atoms in total. The molecule has 2 aromatic carbocycles. The van der Waals surface area contributed by atoms with Crippen molar-refractivity contribution in [1.29, 1.82) is 0 Å². The Kier molecular flexibility index (Phi) is 5.38. The van der Waals surface area contributed by atoms with Crippen LogP contribution in [-0.2, 0) is 13.1 Å². The fourth-order valence-electron chi connectivity index (χ4n) is 4.52. The fraction of sp³-hybridized carbons (Fsp3) is 0.320. The number of nitrogens with zero attached hydrogens (tertiary/aromatic N) is 5. The number of benzene rings is 2. The molecule has 1 fully saturated rings. The number of imidazole rings is 1. The van der Waals surface area contributed by atoms with Crippen LogP contribution in [0.25, 0.3) is 21.8 Å². The molecule has 0 aliphatic carbocycles. The standard InChI is InChI=1S/C25H26N6O/c1-2-3-14-30-23-22(28-25(30)29-13-7-11-20(26)17-29)15-27-31(24(23)32)16-19-10-6-9-18-8-4-5-12-21(18)19/h4-6,8-10,12,15,20H,7,11,13-14,16-17,26H2,1H3. The molecule has 0 radical (unpaired) electrons. The van der Waals surface area contributed by atoms with Crippen LogP contribution >= 0.6 is 0 Å². The topological polar surface area (TPSA) is 82.0 Å². The Morgan fingerprint density at radius 1 is 1.19 bits per heavy atom. The van der Waals surface area contributed by atoms with E-state index in [9.17, 15) is 4.79 Å². The molecule has 2 N–H and O–H groups in total. The number of hydrogen-bond acceptors (Lipinski definition) is 5. The molecule has 7 heteroatoms. The van der Waals surface area contributed by atoms with Crippen LogP contribution in [0.15, 0.2) is 53.5 Å². The van der Waals surface area contributed by atoms with Crippen molar-refractivity contribution in [3.05, 3.63) is 64.6 Å². The maximum Gasteiger partial charge on any atom is 0.293 e. The second-order valence-electron chi connectivity index (χ2n) is 8.25. The molecule has 1 aliphatic rings. The largest absolute Gasteiger partial charge is 0.341 e. The van der Waals surface area contributed by atoms with Gasteiger partial charge >= 0.3 is 0 Å². The predicted octanol–water partition coefficient (Wildman–Crippen LogP) is 2.75. The summed E-state index contributed by atoms with van der Waals surface area (Å²) in [6.45, 7) is 4.19. The number of fused-ring (bicyclic) bond motifs is 2. The van der Waals surface area contributed by atoms with Gasteiger partial charge in [-0.25, -0.2) is 9.67 Å². The second-order valence-corrected chi connectivity index (χ2v) is 8.25. The fourth-order valence-corrected chi connectivity index (χ4v) is 4.52. The summed E-state index contributed by atoms with van der Waals surface area (Å²) in [5.74, 6) is 6.79. The average Bonchev–Trinajstić information content (AvgIpc) is 3.19. The van der Waals surface area contributed by atoms with Crippen molar-refractivity contribution in [3.63, 3.8) is 0 Å². The minimum Gasteiger partial charge on any atom is -0.341 e. The first-order chi connectivity index (χ1) is 15.7. The molecule has 4 aromatic rings. The summed E-state index contributed by atoms with van der Waals surface area (Å²) in [4.78, 5) is 20.5. The minimum absolute atomic E-state index is 0.107. The summed E-state index contributed by atoms with van der Waals surface area (Å²) in [6.07, 6.45) is 3.70. The van der Waals surface area contributed by atoms with E-state index in [1.54, 1.807) is 13.1 Å². The van der Waals surface area contributed by atoms with E-state index in [-0.39, 0.29) is 11.6 Å². The van der Waals surface area contributed by atoms with E-state index in [1.165, 1.54) is 4.68 Å². The number of nitrogens with two attached hydrogens (primary N) is 1. The number of anilines is 1. The van der Waals surface area contributed by atoms with E-state index in [1.807, 2.05) is 28.8 Å². The monoisotopic (exact) mass is 426 g/mol. The highest BCUT2D eigenvalue weighted by Gasteiger charge is 2.24. The lowest BCUT2D eigenvalue weighted by Crippen LogP contribution is -2.44. The van der Waals surface area contributed by atoms with Gasteiger partial charge in [0.25, 0.3) is 5.56 Å². The van der Waals surface area contributed by atoms with Crippen LogP contribution in [0.1, 0.15) is 25.3 Å². The third-order valence-electron chi connectivity index (χ3n) is 6.09. The summed E-state index contributed by atoms with van der Waals surface area (Å²) >= 11 is 0. The zero-order valence-corrected chi connectivity index (χ0v) is 18.2. The maximum atomic E-state index is 13.6. The van der Waals surface area contributed by atoms with Crippen LogP contribution < -0.4 is 16.2 Å². The van der Waals surface area contributed by atoms with Crippen LogP contribution in [-0.4, -0.2) is 38.5 Å². The third-order valence-corrected chi connectivity index (χ3v) is 6.09. The molecular weight excluding hydrogens is 400 g/mol. The molecule has 1 unspecified atom stereocenters. The maximum absolute atomic E-state index is 13.6. The number of aromatic nitrogens is 4. The molecule has 1 aliphatic heterocycles. The summed E-state index contributed by atoms with van der Waals surface area (Å²) in [5.41, 5.74) is 8.24. The van der Waals surface area contributed by atoms with Crippen molar-refractivity contribution in [1.82, 2.24) is 19.3 Å². The van der Waals surface area contributed by atoms with Crippen molar-refractivity contribution in [2.75, 3.05) is 18.0 Å². The summed E-state index contributed by atoms with van der Waals surface area (Å²) in [5, 5.41) is 6.72. The van der Waals surface area contributed by atoms with E-state index in [4.69, 9.17) is 10.7 Å². The summed E-state index contributed by atoms with van der Waals surface area (Å²) < 4.78 is 3.45.